The summed E-state index contributed by atoms with van der Waals surface area (Å²) >= 11 is 0. The van der Waals surface area contributed by atoms with Crippen molar-refractivity contribution < 1.29 is 9.22 Å². The number of carbonyl (C=O) groups is 1. The highest BCUT2D eigenvalue weighted by molar-refractivity contribution is 6.99. The lowest BCUT2D eigenvalue weighted by molar-refractivity contribution is -0.118. The van der Waals surface area contributed by atoms with Gasteiger partial charge in [-0.05, 0) is 40.1 Å². The standard InChI is InChI=1S/C24H30O2Si/c1-24(2,3)27(22-10-6-4-7-11-22,23-12-8-5-9-13-23)26-21-16-18-14-20(25)15-19(18)17-21/h4-13,18-19,21H,14-17H2,1-3H3/t18-,19+,21?. The fourth-order valence-corrected chi connectivity index (χ4v) is 10.1. The summed E-state index contributed by atoms with van der Waals surface area (Å²) < 4.78 is 7.23. The van der Waals surface area contributed by atoms with Crippen LogP contribution in [-0.4, -0.2) is 20.2 Å². The van der Waals surface area contributed by atoms with Gasteiger partial charge in [0.25, 0.3) is 8.32 Å². The molecule has 3 atom stereocenters. The Balaban J connectivity index is 1.75. The van der Waals surface area contributed by atoms with Crippen molar-refractivity contribution in [3.8, 4) is 0 Å². The van der Waals surface area contributed by atoms with E-state index in [1.54, 1.807) is 0 Å². The first kappa shape index (κ1) is 18.6. The van der Waals surface area contributed by atoms with Crippen molar-refractivity contribution in [1.29, 1.82) is 0 Å². The van der Waals surface area contributed by atoms with Crippen LogP contribution in [0.15, 0.2) is 60.7 Å². The zero-order valence-corrected chi connectivity index (χ0v) is 17.7. The molecule has 2 aromatic carbocycles. The van der Waals surface area contributed by atoms with Crippen LogP contribution in [0, 0.1) is 11.8 Å². The van der Waals surface area contributed by atoms with E-state index in [0.29, 0.717) is 17.6 Å². The normalized spacial score (nSPS) is 25.6. The molecule has 3 heteroatoms. The van der Waals surface area contributed by atoms with Crippen LogP contribution in [0.3, 0.4) is 0 Å². The first-order valence-electron chi connectivity index (χ1n) is 10.2. The predicted octanol–water partition coefficient (Wildman–Crippen LogP) is 4.32. The SMILES string of the molecule is CC(C)(C)[Si](OC1C[C@H]2CC(=O)C[C@H]2C1)(c1ccccc1)c1ccccc1. The van der Waals surface area contributed by atoms with E-state index in [0.717, 1.165) is 25.7 Å². The minimum absolute atomic E-state index is 0.0171. The van der Waals surface area contributed by atoms with Gasteiger partial charge in [-0.1, -0.05) is 81.4 Å². The summed E-state index contributed by atoms with van der Waals surface area (Å²) in [7, 11) is -2.46. The molecule has 0 N–H and O–H groups in total. The Morgan fingerprint density at radius 2 is 1.26 bits per heavy atom. The summed E-state index contributed by atoms with van der Waals surface area (Å²) in [5.41, 5.74) is 0. The number of ketones is 1. The molecule has 2 aliphatic rings. The Hall–Kier alpha value is -1.71. The largest absolute Gasteiger partial charge is 0.404 e. The monoisotopic (exact) mass is 378 g/mol. The molecule has 0 amide bonds. The Kier molecular flexibility index (Phi) is 4.85. The number of Topliss-reactive ketones (excluding diaryl/α,β-unsaturated/α-hetero) is 1. The molecule has 0 spiro atoms. The van der Waals surface area contributed by atoms with Crippen LogP contribution >= 0.6 is 0 Å². The van der Waals surface area contributed by atoms with Crippen LogP contribution in [0.5, 0.6) is 0 Å². The van der Waals surface area contributed by atoms with Crippen molar-refractivity contribution in [2.24, 2.45) is 11.8 Å². The average molecular weight is 379 g/mol. The summed E-state index contributed by atoms with van der Waals surface area (Å²) in [4.78, 5) is 11.8. The molecule has 2 saturated carbocycles. The molecule has 27 heavy (non-hydrogen) atoms. The van der Waals surface area contributed by atoms with Crippen molar-refractivity contribution in [1.82, 2.24) is 0 Å². The highest BCUT2D eigenvalue weighted by Gasteiger charge is 2.53. The smallest absolute Gasteiger partial charge is 0.261 e. The molecule has 0 heterocycles. The van der Waals surface area contributed by atoms with Gasteiger partial charge in [-0.25, -0.2) is 0 Å². The lowest BCUT2D eigenvalue weighted by Crippen LogP contribution is -2.67. The Morgan fingerprint density at radius 1 is 0.815 bits per heavy atom. The molecular formula is C24H30O2Si. The molecule has 2 nitrogen and oxygen atoms in total. The quantitative estimate of drug-likeness (QED) is 0.741. The average Bonchev–Trinajstić information content (AvgIpc) is 3.16. The number of benzene rings is 2. The number of rotatable bonds is 4. The molecule has 0 aliphatic heterocycles. The van der Waals surface area contributed by atoms with Gasteiger partial charge in [-0.3, -0.25) is 4.79 Å². The molecule has 0 aromatic heterocycles. The van der Waals surface area contributed by atoms with Crippen LogP contribution in [-0.2, 0) is 9.22 Å². The van der Waals surface area contributed by atoms with Gasteiger partial charge in [0.2, 0.25) is 0 Å². The molecule has 0 bridgehead atoms. The van der Waals surface area contributed by atoms with Crippen molar-refractivity contribution in [2.75, 3.05) is 0 Å². The molecule has 2 aliphatic carbocycles. The Bertz CT molecular complexity index is 739. The third-order valence-corrected chi connectivity index (χ3v) is 11.6. The van der Waals surface area contributed by atoms with Gasteiger partial charge in [0.1, 0.15) is 5.78 Å². The zero-order chi connectivity index (χ0) is 19.1. The molecule has 2 aromatic rings. The van der Waals surface area contributed by atoms with E-state index in [9.17, 15) is 4.79 Å². The van der Waals surface area contributed by atoms with Gasteiger partial charge in [-0.2, -0.15) is 0 Å². The number of fused-ring (bicyclic) bond motifs is 1. The van der Waals surface area contributed by atoms with Gasteiger partial charge in [0.05, 0.1) is 0 Å². The van der Waals surface area contributed by atoms with Crippen LogP contribution in [0.1, 0.15) is 46.5 Å². The van der Waals surface area contributed by atoms with E-state index in [-0.39, 0.29) is 11.1 Å². The highest BCUT2D eigenvalue weighted by Crippen LogP contribution is 2.46. The number of hydrogen-bond donors (Lipinski definition) is 0. The fraction of sp³-hybridized carbons (Fsp3) is 0.458. The second kappa shape index (κ2) is 7.03. The fourth-order valence-electron chi connectivity index (χ4n) is 5.36. The summed E-state index contributed by atoms with van der Waals surface area (Å²) in [6, 6.07) is 21.7. The third-order valence-electron chi connectivity index (χ3n) is 6.54. The van der Waals surface area contributed by atoms with Crippen LogP contribution < -0.4 is 10.4 Å². The summed E-state index contributed by atoms with van der Waals surface area (Å²) in [6.45, 7) is 7.00. The van der Waals surface area contributed by atoms with Crippen molar-refractivity contribution in [3.05, 3.63) is 60.7 Å². The topological polar surface area (TPSA) is 26.3 Å². The number of carbonyl (C=O) groups excluding carboxylic acids is 1. The van der Waals surface area contributed by atoms with E-state index < -0.39 is 8.32 Å². The van der Waals surface area contributed by atoms with E-state index in [4.69, 9.17) is 4.43 Å². The minimum atomic E-state index is -2.46. The number of hydrogen-bond acceptors (Lipinski definition) is 2. The van der Waals surface area contributed by atoms with Crippen LogP contribution in [0.2, 0.25) is 5.04 Å². The third kappa shape index (κ3) is 3.32. The second-order valence-electron chi connectivity index (χ2n) is 9.34. The first-order valence-corrected chi connectivity index (χ1v) is 12.1. The van der Waals surface area contributed by atoms with Crippen molar-refractivity contribution in [2.45, 2.75) is 57.6 Å². The van der Waals surface area contributed by atoms with Crippen molar-refractivity contribution in [3.63, 3.8) is 0 Å². The molecular weight excluding hydrogens is 348 g/mol. The highest BCUT2D eigenvalue weighted by atomic mass is 28.4. The molecule has 0 saturated heterocycles. The summed E-state index contributed by atoms with van der Waals surface area (Å²) in [5.74, 6) is 1.54. The lowest BCUT2D eigenvalue weighted by atomic mass is 10.0. The Morgan fingerprint density at radius 3 is 1.67 bits per heavy atom. The molecule has 0 radical (unpaired) electrons. The van der Waals surface area contributed by atoms with Gasteiger partial charge < -0.3 is 4.43 Å². The minimum Gasteiger partial charge on any atom is -0.404 e. The maximum absolute atomic E-state index is 11.8. The van der Waals surface area contributed by atoms with Crippen LogP contribution in [0.25, 0.3) is 0 Å². The Labute approximate surface area is 164 Å². The molecule has 2 fully saturated rings. The predicted molar refractivity (Wildman–Crippen MR) is 113 cm³/mol. The van der Waals surface area contributed by atoms with Gasteiger partial charge in [0, 0.05) is 18.9 Å². The molecule has 4 rings (SSSR count). The van der Waals surface area contributed by atoms with Gasteiger partial charge in [-0.15, -0.1) is 0 Å². The van der Waals surface area contributed by atoms with E-state index in [1.807, 2.05) is 0 Å². The summed E-state index contributed by atoms with van der Waals surface area (Å²) in [6.07, 6.45) is 3.89. The molecule has 1 unspecified atom stereocenters. The molecule has 142 valence electrons. The maximum Gasteiger partial charge on any atom is 0.261 e. The van der Waals surface area contributed by atoms with E-state index in [1.165, 1.54) is 10.4 Å². The maximum atomic E-state index is 11.8. The van der Waals surface area contributed by atoms with E-state index >= 15 is 0 Å². The van der Waals surface area contributed by atoms with Crippen LogP contribution in [0.4, 0.5) is 0 Å². The van der Waals surface area contributed by atoms with Gasteiger partial charge in [0.15, 0.2) is 0 Å². The van der Waals surface area contributed by atoms with Gasteiger partial charge >= 0.3 is 0 Å². The first-order chi connectivity index (χ1) is 12.9. The van der Waals surface area contributed by atoms with E-state index in [2.05, 4.69) is 81.4 Å². The zero-order valence-electron chi connectivity index (χ0n) is 16.7. The lowest BCUT2D eigenvalue weighted by Gasteiger charge is -2.44. The second-order valence-corrected chi connectivity index (χ2v) is 13.6. The van der Waals surface area contributed by atoms with Crippen molar-refractivity contribution >= 4 is 24.5 Å². The summed E-state index contributed by atoms with van der Waals surface area (Å²) in [5, 5.41) is 2.71.